The number of carbonyl (C=O) groups excluding carboxylic acids is 1. The number of methoxy groups -OCH3 is 1. The van der Waals surface area contributed by atoms with Crippen molar-refractivity contribution in [3.05, 3.63) is 22.2 Å². The molecule has 0 spiro atoms. The van der Waals surface area contributed by atoms with E-state index in [-0.39, 0.29) is 12.4 Å². The van der Waals surface area contributed by atoms with Gasteiger partial charge in [0.1, 0.15) is 5.75 Å². The molecule has 5 heteroatoms. The van der Waals surface area contributed by atoms with E-state index in [9.17, 15) is 4.79 Å². The topological polar surface area (TPSA) is 61.5 Å². The molecule has 0 aliphatic carbocycles. The minimum atomic E-state index is -0.303. The number of ether oxygens (including phenoxy) is 2. The normalized spacial score (nSPS) is 9.94. The molecular weight excluding hydrogens is 274 g/mol. The molecule has 0 aliphatic heterocycles. The molecule has 88 valence electrons. The van der Waals surface area contributed by atoms with Crippen molar-refractivity contribution >= 4 is 27.6 Å². The summed E-state index contributed by atoms with van der Waals surface area (Å²) in [6.07, 6.45) is 0.136. The van der Waals surface area contributed by atoms with Gasteiger partial charge in [0.25, 0.3) is 0 Å². The van der Waals surface area contributed by atoms with Gasteiger partial charge in [-0.3, -0.25) is 4.79 Å². The van der Waals surface area contributed by atoms with Crippen LogP contribution in [-0.4, -0.2) is 19.7 Å². The molecule has 0 amide bonds. The van der Waals surface area contributed by atoms with Gasteiger partial charge >= 0.3 is 5.97 Å². The van der Waals surface area contributed by atoms with Crippen LogP contribution in [0, 0.1) is 0 Å². The number of benzene rings is 1. The molecule has 1 aromatic rings. The zero-order valence-electron chi connectivity index (χ0n) is 9.25. The van der Waals surface area contributed by atoms with Crippen molar-refractivity contribution in [1.82, 2.24) is 0 Å². The van der Waals surface area contributed by atoms with Crippen molar-refractivity contribution in [2.45, 2.75) is 13.3 Å². The molecule has 0 saturated heterocycles. The number of hydrogen-bond donors (Lipinski definition) is 1. The van der Waals surface area contributed by atoms with Crippen LogP contribution in [0.15, 0.2) is 16.6 Å². The number of hydrogen-bond acceptors (Lipinski definition) is 4. The van der Waals surface area contributed by atoms with Gasteiger partial charge < -0.3 is 15.2 Å². The van der Waals surface area contributed by atoms with Gasteiger partial charge in [0.2, 0.25) is 0 Å². The van der Waals surface area contributed by atoms with Crippen LogP contribution in [0.5, 0.6) is 5.75 Å². The van der Waals surface area contributed by atoms with Crippen LogP contribution in [0.3, 0.4) is 0 Å². The standard InChI is InChI=1S/C11H14BrNO3/c1-3-16-10(14)6-7-8(12)4-5-9(15-2)11(7)13/h4-5H,3,6,13H2,1-2H3. The lowest BCUT2D eigenvalue weighted by Crippen LogP contribution is -2.10. The summed E-state index contributed by atoms with van der Waals surface area (Å²) in [5.41, 5.74) is 7.03. The lowest BCUT2D eigenvalue weighted by molar-refractivity contribution is -0.142. The van der Waals surface area contributed by atoms with Crippen molar-refractivity contribution in [2.24, 2.45) is 0 Å². The lowest BCUT2D eigenvalue weighted by atomic mass is 10.1. The number of anilines is 1. The Morgan fingerprint density at radius 1 is 1.50 bits per heavy atom. The molecule has 0 heterocycles. The highest BCUT2D eigenvalue weighted by atomic mass is 79.9. The van der Waals surface area contributed by atoms with E-state index < -0.39 is 0 Å². The van der Waals surface area contributed by atoms with Crippen molar-refractivity contribution in [2.75, 3.05) is 19.5 Å². The minimum Gasteiger partial charge on any atom is -0.495 e. The Labute approximate surface area is 103 Å². The maximum Gasteiger partial charge on any atom is 0.310 e. The van der Waals surface area contributed by atoms with Crippen LogP contribution in [0.4, 0.5) is 5.69 Å². The van der Waals surface area contributed by atoms with Gasteiger partial charge in [-0.25, -0.2) is 0 Å². The maximum absolute atomic E-state index is 11.4. The Balaban J connectivity index is 2.98. The van der Waals surface area contributed by atoms with E-state index in [1.54, 1.807) is 19.1 Å². The van der Waals surface area contributed by atoms with E-state index in [4.69, 9.17) is 15.2 Å². The van der Waals surface area contributed by atoms with Gasteiger partial charge in [0.05, 0.1) is 25.8 Å². The van der Waals surface area contributed by atoms with Gasteiger partial charge in [-0.1, -0.05) is 15.9 Å². The number of nitrogens with two attached hydrogens (primary N) is 1. The number of carbonyl (C=O) groups is 1. The summed E-state index contributed by atoms with van der Waals surface area (Å²) in [6.45, 7) is 2.13. The van der Waals surface area contributed by atoms with Crippen molar-refractivity contribution in [3.8, 4) is 5.75 Å². The summed E-state index contributed by atoms with van der Waals surface area (Å²) in [7, 11) is 1.54. The summed E-state index contributed by atoms with van der Waals surface area (Å²) in [6, 6.07) is 3.54. The third kappa shape index (κ3) is 2.88. The zero-order valence-corrected chi connectivity index (χ0v) is 10.8. The third-order valence-electron chi connectivity index (χ3n) is 2.11. The van der Waals surface area contributed by atoms with Crippen LogP contribution >= 0.6 is 15.9 Å². The highest BCUT2D eigenvalue weighted by molar-refractivity contribution is 9.10. The molecule has 4 nitrogen and oxygen atoms in total. The highest BCUT2D eigenvalue weighted by Crippen LogP contribution is 2.31. The summed E-state index contributed by atoms with van der Waals surface area (Å²) >= 11 is 3.35. The van der Waals surface area contributed by atoms with Crippen LogP contribution < -0.4 is 10.5 Å². The number of esters is 1. The monoisotopic (exact) mass is 287 g/mol. The maximum atomic E-state index is 11.4. The summed E-state index contributed by atoms with van der Waals surface area (Å²) in [5, 5.41) is 0. The smallest absolute Gasteiger partial charge is 0.310 e. The van der Waals surface area contributed by atoms with Crippen molar-refractivity contribution < 1.29 is 14.3 Å². The van der Waals surface area contributed by atoms with Gasteiger partial charge in [0.15, 0.2) is 0 Å². The molecule has 16 heavy (non-hydrogen) atoms. The van der Waals surface area contributed by atoms with Crippen molar-refractivity contribution in [1.29, 1.82) is 0 Å². The highest BCUT2D eigenvalue weighted by Gasteiger charge is 2.14. The third-order valence-corrected chi connectivity index (χ3v) is 2.85. The molecular formula is C11H14BrNO3. The van der Waals surface area contributed by atoms with Crippen molar-refractivity contribution in [3.63, 3.8) is 0 Å². The zero-order chi connectivity index (χ0) is 12.1. The molecule has 0 saturated carbocycles. The fourth-order valence-electron chi connectivity index (χ4n) is 1.33. The van der Waals surface area contributed by atoms with Crippen LogP contribution in [0.1, 0.15) is 12.5 Å². The molecule has 1 aromatic carbocycles. The number of halogens is 1. The SMILES string of the molecule is CCOC(=O)Cc1c(Br)ccc(OC)c1N. The lowest BCUT2D eigenvalue weighted by Gasteiger charge is -2.11. The second-order valence-corrected chi connectivity index (χ2v) is 3.98. The fraction of sp³-hybridized carbons (Fsp3) is 0.364. The summed E-state index contributed by atoms with van der Waals surface area (Å²) in [5.74, 6) is 0.255. The first kappa shape index (κ1) is 12.8. The first-order chi connectivity index (χ1) is 7.60. The van der Waals surface area contributed by atoms with E-state index in [0.717, 1.165) is 4.47 Å². The second-order valence-electron chi connectivity index (χ2n) is 3.12. The predicted octanol–water partition coefficient (Wildman–Crippen LogP) is 2.15. The van der Waals surface area contributed by atoms with Crippen LogP contribution in [0.2, 0.25) is 0 Å². The largest absolute Gasteiger partial charge is 0.495 e. The van der Waals surface area contributed by atoms with E-state index in [1.165, 1.54) is 7.11 Å². The second kappa shape index (κ2) is 5.75. The summed E-state index contributed by atoms with van der Waals surface area (Å²) < 4.78 is 10.7. The first-order valence-corrected chi connectivity index (χ1v) is 5.65. The van der Waals surface area contributed by atoms with E-state index in [2.05, 4.69) is 15.9 Å². The molecule has 0 radical (unpaired) electrons. The molecule has 0 aliphatic rings. The number of nitrogen functional groups attached to an aromatic ring is 1. The number of rotatable bonds is 4. The van der Waals surface area contributed by atoms with Gasteiger partial charge in [0, 0.05) is 10.0 Å². The van der Waals surface area contributed by atoms with E-state index in [1.807, 2.05) is 0 Å². The Bertz CT molecular complexity index is 393. The van der Waals surface area contributed by atoms with Gasteiger partial charge in [-0.05, 0) is 19.1 Å². The minimum absolute atomic E-state index is 0.136. The molecule has 0 atom stereocenters. The summed E-state index contributed by atoms with van der Waals surface area (Å²) in [4.78, 5) is 11.4. The average molecular weight is 288 g/mol. The Hall–Kier alpha value is -1.23. The Morgan fingerprint density at radius 2 is 2.19 bits per heavy atom. The molecule has 2 N–H and O–H groups in total. The first-order valence-electron chi connectivity index (χ1n) is 4.86. The predicted molar refractivity (Wildman–Crippen MR) is 65.4 cm³/mol. The fourth-order valence-corrected chi connectivity index (χ4v) is 1.82. The van der Waals surface area contributed by atoms with Crippen LogP contribution in [0.25, 0.3) is 0 Å². The van der Waals surface area contributed by atoms with E-state index in [0.29, 0.717) is 23.6 Å². The van der Waals surface area contributed by atoms with Gasteiger partial charge in [-0.2, -0.15) is 0 Å². The average Bonchev–Trinajstić information content (AvgIpc) is 2.25. The quantitative estimate of drug-likeness (QED) is 0.681. The molecule has 0 bridgehead atoms. The molecule has 0 unspecified atom stereocenters. The van der Waals surface area contributed by atoms with Crippen LogP contribution in [-0.2, 0) is 16.0 Å². The Kier molecular flexibility index (Phi) is 4.61. The molecule has 1 rings (SSSR count). The van der Waals surface area contributed by atoms with E-state index >= 15 is 0 Å². The van der Waals surface area contributed by atoms with Gasteiger partial charge in [-0.15, -0.1) is 0 Å². The molecule has 0 fully saturated rings. The molecule has 0 aromatic heterocycles. The Morgan fingerprint density at radius 3 is 2.75 bits per heavy atom.